The number of sulfonamides is 1. The summed E-state index contributed by atoms with van der Waals surface area (Å²) < 4.78 is 31.9. The number of aryl methyl sites for hydroxylation is 1. The number of esters is 1. The molecule has 1 aliphatic heterocycles. The fourth-order valence-corrected chi connectivity index (χ4v) is 4.50. The Morgan fingerprint density at radius 2 is 1.92 bits per heavy atom. The molecule has 7 heteroatoms. The molecule has 1 saturated heterocycles. The summed E-state index contributed by atoms with van der Waals surface area (Å²) >= 11 is 0. The minimum Gasteiger partial charge on any atom is -0.465 e. The topological polar surface area (TPSA) is 66.9 Å². The first kappa shape index (κ1) is 18.9. The molecule has 0 N–H and O–H groups in total. The smallest absolute Gasteiger partial charge is 0.320 e. The fourth-order valence-electron chi connectivity index (χ4n) is 2.83. The van der Waals surface area contributed by atoms with E-state index in [0.717, 1.165) is 11.1 Å². The van der Waals surface area contributed by atoms with Crippen LogP contribution >= 0.6 is 0 Å². The Bertz CT molecular complexity index is 660. The highest BCUT2D eigenvalue weighted by atomic mass is 32.2. The van der Waals surface area contributed by atoms with E-state index in [4.69, 9.17) is 4.74 Å². The monoisotopic (exact) mass is 354 g/mol. The van der Waals surface area contributed by atoms with Gasteiger partial charge in [-0.15, -0.1) is 0 Å². The predicted octanol–water partition coefficient (Wildman–Crippen LogP) is 1.40. The number of benzene rings is 1. The van der Waals surface area contributed by atoms with E-state index in [1.165, 1.54) is 0 Å². The van der Waals surface area contributed by atoms with Crippen LogP contribution in [0.15, 0.2) is 24.3 Å². The Labute approximate surface area is 144 Å². The van der Waals surface area contributed by atoms with Crippen LogP contribution in [0.4, 0.5) is 0 Å². The molecule has 0 amide bonds. The molecule has 1 aromatic rings. The largest absolute Gasteiger partial charge is 0.465 e. The molecule has 1 heterocycles. The van der Waals surface area contributed by atoms with Crippen molar-refractivity contribution in [3.63, 3.8) is 0 Å². The zero-order valence-electron chi connectivity index (χ0n) is 14.4. The molecule has 0 aliphatic carbocycles. The maximum Gasteiger partial charge on any atom is 0.320 e. The number of ether oxygens (including phenoxy) is 1. The molecule has 1 aliphatic rings. The molecular weight excluding hydrogens is 328 g/mol. The third kappa shape index (κ3) is 5.29. The summed E-state index contributed by atoms with van der Waals surface area (Å²) in [4.78, 5) is 13.5. The van der Waals surface area contributed by atoms with E-state index in [9.17, 15) is 13.2 Å². The zero-order valence-corrected chi connectivity index (χ0v) is 15.2. The minimum absolute atomic E-state index is 0.0253. The zero-order chi connectivity index (χ0) is 17.6. The van der Waals surface area contributed by atoms with Crippen molar-refractivity contribution >= 4 is 16.0 Å². The molecule has 1 aromatic carbocycles. The van der Waals surface area contributed by atoms with Gasteiger partial charge in [-0.3, -0.25) is 9.69 Å². The second-order valence-electron chi connectivity index (χ2n) is 6.02. The van der Waals surface area contributed by atoms with Crippen LogP contribution < -0.4 is 0 Å². The number of carbonyl (C=O) groups excluding carboxylic acids is 1. The summed E-state index contributed by atoms with van der Waals surface area (Å²) in [6.07, 6.45) is 0.715. The van der Waals surface area contributed by atoms with Gasteiger partial charge in [-0.05, 0) is 31.4 Å². The van der Waals surface area contributed by atoms with Crippen molar-refractivity contribution in [2.24, 2.45) is 0 Å². The number of hydrogen-bond donors (Lipinski definition) is 0. The summed E-state index contributed by atoms with van der Waals surface area (Å²) in [5.41, 5.74) is 1.82. The highest BCUT2D eigenvalue weighted by Gasteiger charge is 2.26. The van der Waals surface area contributed by atoms with Gasteiger partial charge in [0, 0.05) is 26.2 Å². The van der Waals surface area contributed by atoms with E-state index in [2.05, 4.69) is 0 Å². The lowest BCUT2D eigenvalue weighted by Crippen LogP contribution is -2.37. The Kier molecular flexibility index (Phi) is 6.77. The average Bonchev–Trinajstić information content (AvgIpc) is 2.76. The third-order valence-corrected chi connectivity index (χ3v) is 6.03. The molecule has 6 nitrogen and oxygen atoms in total. The maximum atomic E-state index is 12.7. The van der Waals surface area contributed by atoms with Crippen molar-refractivity contribution in [2.75, 3.05) is 39.3 Å². The van der Waals surface area contributed by atoms with E-state index in [1.54, 1.807) is 11.2 Å². The molecular formula is C17H26N2O4S. The summed E-state index contributed by atoms with van der Waals surface area (Å²) in [6, 6.07) is 7.55. The second kappa shape index (κ2) is 8.60. The molecule has 134 valence electrons. The van der Waals surface area contributed by atoms with Crippen molar-refractivity contribution in [1.82, 2.24) is 9.21 Å². The molecule has 0 bridgehead atoms. The quantitative estimate of drug-likeness (QED) is 0.723. The van der Waals surface area contributed by atoms with Crippen LogP contribution in [0, 0.1) is 6.92 Å². The van der Waals surface area contributed by atoms with Crippen LogP contribution in [-0.4, -0.2) is 62.9 Å². The van der Waals surface area contributed by atoms with Crippen LogP contribution in [0.5, 0.6) is 0 Å². The molecule has 24 heavy (non-hydrogen) atoms. The van der Waals surface area contributed by atoms with Crippen molar-refractivity contribution in [3.8, 4) is 0 Å². The Morgan fingerprint density at radius 3 is 2.62 bits per heavy atom. The van der Waals surface area contributed by atoms with Gasteiger partial charge in [0.2, 0.25) is 10.0 Å². The normalized spacial score (nSPS) is 17.4. The lowest BCUT2D eigenvalue weighted by Gasteiger charge is -2.21. The first-order chi connectivity index (χ1) is 11.4. The SMILES string of the molecule is CCOC(=O)CN1CCCN(S(=O)(=O)Cc2ccccc2C)CC1. The number of carbonyl (C=O) groups is 1. The molecule has 0 unspecified atom stereocenters. The van der Waals surface area contributed by atoms with Crippen LogP contribution in [-0.2, 0) is 25.3 Å². The summed E-state index contributed by atoms with van der Waals surface area (Å²) in [6.45, 7) is 6.44. The average molecular weight is 354 g/mol. The fraction of sp³-hybridized carbons (Fsp3) is 0.588. The summed E-state index contributed by atoms with van der Waals surface area (Å²) in [5.74, 6) is -0.230. The molecule has 2 rings (SSSR count). The highest BCUT2D eigenvalue weighted by Crippen LogP contribution is 2.16. The van der Waals surface area contributed by atoms with Gasteiger partial charge in [0.25, 0.3) is 0 Å². The lowest BCUT2D eigenvalue weighted by atomic mass is 10.1. The molecule has 0 radical (unpaired) electrons. The van der Waals surface area contributed by atoms with Gasteiger partial charge in [0.15, 0.2) is 0 Å². The first-order valence-corrected chi connectivity index (χ1v) is 9.93. The number of rotatable bonds is 6. The first-order valence-electron chi connectivity index (χ1n) is 8.32. The molecule has 0 atom stereocenters. The Balaban J connectivity index is 1.97. The summed E-state index contributed by atoms with van der Waals surface area (Å²) in [5, 5.41) is 0. The van der Waals surface area contributed by atoms with Crippen LogP contribution in [0.1, 0.15) is 24.5 Å². The molecule has 0 saturated carbocycles. The molecule has 0 aromatic heterocycles. The van der Waals surface area contributed by atoms with Crippen molar-refractivity contribution < 1.29 is 17.9 Å². The summed E-state index contributed by atoms with van der Waals surface area (Å²) in [7, 11) is -3.35. The number of hydrogen-bond acceptors (Lipinski definition) is 5. The highest BCUT2D eigenvalue weighted by molar-refractivity contribution is 7.88. The van der Waals surface area contributed by atoms with Crippen LogP contribution in [0.3, 0.4) is 0 Å². The number of nitrogens with zero attached hydrogens (tertiary/aromatic N) is 2. The van der Waals surface area contributed by atoms with E-state index in [1.807, 2.05) is 36.1 Å². The van der Waals surface area contributed by atoms with Crippen LogP contribution in [0.25, 0.3) is 0 Å². The van der Waals surface area contributed by atoms with Crippen molar-refractivity contribution in [1.29, 1.82) is 0 Å². The minimum atomic E-state index is -3.35. The third-order valence-electron chi connectivity index (χ3n) is 4.20. The predicted molar refractivity (Wildman–Crippen MR) is 93.1 cm³/mol. The maximum absolute atomic E-state index is 12.7. The lowest BCUT2D eigenvalue weighted by molar-refractivity contribution is -0.144. The van der Waals surface area contributed by atoms with Gasteiger partial charge in [-0.1, -0.05) is 24.3 Å². The van der Waals surface area contributed by atoms with Gasteiger partial charge < -0.3 is 4.74 Å². The van der Waals surface area contributed by atoms with Crippen LogP contribution in [0.2, 0.25) is 0 Å². The van der Waals surface area contributed by atoms with E-state index in [0.29, 0.717) is 39.2 Å². The van der Waals surface area contributed by atoms with Crippen molar-refractivity contribution in [2.45, 2.75) is 26.0 Å². The van der Waals surface area contributed by atoms with Gasteiger partial charge in [0.05, 0.1) is 18.9 Å². The Hall–Kier alpha value is -1.44. The molecule has 1 fully saturated rings. The standard InChI is InChI=1S/C17H26N2O4S/c1-3-23-17(20)13-18-9-6-10-19(12-11-18)24(21,22)14-16-8-5-4-7-15(16)2/h4-5,7-8H,3,6,9-14H2,1-2H3. The van der Waals surface area contributed by atoms with Crippen molar-refractivity contribution in [3.05, 3.63) is 35.4 Å². The van der Waals surface area contributed by atoms with Gasteiger partial charge >= 0.3 is 5.97 Å². The van der Waals surface area contributed by atoms with E-state index in [-0.39, 0.29) is 18.3 Å². The Morgan fingerprint density at radius 1 is 1.17 bits per heavy atom. The van der Waals surface area contributed by atoms with Gasteiger partial charge in [-0.2, -0.15) is 0 Å². The molecule has 0 spiro atoms. The van der Waals surface area contributed by atoms with E-state index < -0.39 is 10.0 Å². The van der Waals surface area contributed by atoms with Gasteiger partial charge in [-0.25, -0.2) is 12.7 Å². The second-order valence-corrected chi connectivity index (χ2v) is 7.99. The van der Waals surface area contributed by atoms with Gasteiger partial charge in [0.1, 0.15) is 0 Å². The van der Waals surface area contributed by atoms with E-state index >= 15 is 0 Å².